The van der Waals surface area contributed by atoms with Gasteiger partial charge in [-0.1, -0.05) is 35.9 Å². The van der Waals surface area contributed by atoms with Gasteiger partial charge < -0.3 is 10.2 Å². The summed E-state index contributed by atoms with van der Waals surface area (Å²) < 4.78 is 1.75. The maximum Gasteiger partial charge on any atom is 0.257 e. The van der Waals surface area contributed by atoms with Crippen LogP contribution in [0.2, 0.25) is 0 Å². The number of likely N-dealkylation sites (N-methyl/N-ethyl adjacent to an activating group) is 1. The van der Waals surface area contributed by atoms with Gasteiger partial charge in [-0.2, -0.15) is 5.10 Å². The van der Waals surface area contributed by atoms with E-state index in [-0.39, 0.29) is 18.4 Å². The van der Waals surface area contributed by atoms with Gasteiger partial charge in [0.05, 0.1) is 29.7 Å². The normalized spacial score (nSPS) is 10.6. The van der Waals surface area contributed by atoms with E-state index >= 15 is 0 Å². The lowest BCUT2D eigenvalue weighted by molar-refractivity contribution is -0.116. The first-order valence-electron chi connectivity index (χ1n) is 9.09. The smallest absolute Gasteiger partial charge is 0.257 e. The molecular weight excluding hydrogens is 352 g/mol. The van der Waals surface area contributed by atoms with Crippen molar-refractivity contribution in [1.29, 1.82) is 0 Å². The Bertz CT molecular complexity index is 1010. The third-order valence-corrected chi connectivity index (χ3v) is 4.65. The fourth-order valence-corrected chi connectivity index (χ4v) is 2.99. The van der Waals surface area contributed by atoms with Crippen LogP contribution in [0, 0.1) is 20.8 Å². The Labute approximate surface area is 164 Å². The van der Waals surface area contributed by atoms with Gasteiger partial charge in [0.1, 0.15) is 0 Å². The third kappa shape index (κ3) is 4.11. The van der Waals surface area contributed by atoms with Crippen molar-refractivity contribution in [2.75, 3.05) is 18.9 Å². The predicted octanol–water partition coefficient (Wildman–Crippen LogP) is 3.51. The van der Waals surface area contributed by atoms with Crippen molar-refractivity contribution < 1.29 is 9.59 Å². The van der Waals surface area contributed by atoms with Crippen LogP contribution >= 0.6 is 0 Å². The van der Waals surface area contributed by atoms with E-state index in [0.29, 0.717) is 11.3 Å². The van der Waals surface area contributed by atoms with E-state index in [1.807, 2.05) is 69.3 Å². The van der Waals surface area contributed by atoms with Gasteiger partial charge in [-0.3, -0.25) is 9.59 Å². The van der Waals surface area contributed by atoms with Crippen molar-refractivity contribution in [2.45, 2.75) is 20.8 Å². The number of rotatable bonds is 5. The molecule has 0 spiro atoms. The molecule has 3 aromatic rings. The molecule has 0 aliphatic heterocycles. The van der Waals surface area contributed by atoms with Gasteiger partial charge in [-0.25, -0.2) is 4.68 Å². The molecular formula is C22H24N4O2. The third-order valence-electron chi connectivity index (χ3n) is 4.65. The number of hydrogen-bond donors (Lipinski definition) is 1. The number of nitrogens with one attached hydrogen (secondary N) is 1. The fraction of sp³-hybridized carbons (Fsp3) is 0.227. The summed E-state index contributed by atoms with van der Waals surface area (Å²) in [4.78, 5) is 26.5. The largest absolute Gasteiger partial charge is 0.332 e. The van der Waals surface area contributed by atoms with Crippen LogP contribution in [0.15, 0.2) is 54.7 Å². The maximum absolute atomic E-state index is 12.8. The molecule has 0 radical (unpaired) electrons. The number of benzene rings is 2. The van der Waals surface area contributed by atoms with Gasteiger partial charge in [0.25, 0.3) is 5.91 Å². The number of carbonyl (C=O) groups excluding carboxylic acids is 2. The second-order valence-electron chi connectivity index (χ2n) is 6.92. The quantitative estimate of drug-likeness (QED) is 0.741. The number of carbonyl (C=O) groups is 2. The molecule has 2 aromatic carbocycles. The Hall–Kier alpha value is -3.41. The van der Waals surface area contributed by atoms with Gasteiger partial charge in [-0.15, -0.1) is 0 Å². The highest BCUT2D eigenvalue weighted by Crippen LogP contribution is 2.18. The summed E-state index contributed by atoms with van der Waals surface area (Å²) in [5.41, 5.74) is 5.04. The first-order chi connectivity index (χ1) is 13.4. The lowest BCUT2D eigenvalue weighted by Gasteiger charge is -2.17. The van der Waals surface area contributed by atoms with Crippen LogP contribution < -0.4 is 5.32 Å². The van der Waals surface area contributed by atoms with Crippen LogP contribution in [0.25, 0.3) is 5.69 Å². The van der Waals surface area contributed by atoms with Gasteiger partial charge in [0, 0.05) is 12.7 Å². The summed E-state index contributed by atoms with van der Waals surface area (Å²) in [6.45, 7) is 5.80. The molecule has 1 N–H and O–H groups in total. The molecule has 0 saturated carbocycles. The monoisotopic (exact) mass is 376 g/mol. The zero-order valence-electron chi connectivity index (χ0n) is 16.6. The molecule has 6 heteroatoms. The van der Waals surface area contributed by atoms with E-state index in [4.69, 9.17) is 0 Å². The van der Waals surface area contributed by atoms with Crippen molar-refractivity contribution in [3.05, 3.63) is 77.1 Å². The molecule has 6 nitrogen and oxygen atoms in total. The number of aryl methyl sites for hydroxylation is 2. The first-order valence-corrected chi connectivity index (χ1v) is 9.09. The van der Waals surface area contributed by atoms with Crippen LogP contribution in [0.1, 0.15) is 27.2 Å². The molecule has 0 atom stereocenters. The van der Waals surface area contributed by atoms with E-state index in [0.717, 1.165) is 22.5 Å². The minimum Gasteiger partial charge on any atom is -0.332 e. The Kier molecular flexibility index (Phi) is 5.59. The molecule has 3 rings (SSSR count). The van der Waals surface area contributed by atoms with Crippen LogP contribution in [-0.4, -0.2) is 40.1 Å². The minimum atomic E-state index is -0.247. The van der Waals surface area contributed by atoms with E-state index in [2.05, 4.69) is 10.4 Å². The van der Waals surface area contributed by atoms with Crippen LogP contribution in [0.4, 0.5) is 5.69 Å². The standard InChI is InChI=1S/C22H24N4O2/c1-15-9-11-18(12-10-15)24-21(27)14-25(4)22(28)19-13-23-26(17(19)3)20-8-6-5-7-16(20)2/h5-13H,14H2,1-4H3,(H,24,27). The number of nitrogens with zero attached hydrogens (tertiary/aromatic N) is 3. The number of amides is 2. The molecule has 0 aliphatic rings. The lowest BCUT2D eigenvalue weighted by atomic mass is 10.2. The van der Waals surface area contributed by atoms with Gasteiger partial charge in [-0.05, 0) is 44.5 Å². The summed E-state index contributed by atoms with van der Waals surface area (Å²) in [5.74, 6) is -0.486. The number of anilines is 1. The lowest BCUT2D eigenvalue weighted by Crippen LogP contribution is -2.35. The van der Waals surface area contributed by atoms with Crippen LogP contribution in [0.5, 0.6) is 0 Å². The Morgan fingerprint density at radius 2 is 1.71 bits per heavy atom. The van der Waals surface area contributed by atoms with Gasteiger partial charge in [0.2, 0.25) is 5.91 Å². The first kappa shape index (κ1) is 19.4. The summed E-state index contributed by atoms with van der Waals surface area (Å²) >= 11 is 0. The molecule has 0 unspecified atom stereocenters. The zero-order chi connectivity index (χ0) is 20.3. The Balaban J connectivity index is 1.70. The van der Waals surface area contributed by atoms with Gasteiger partial charge in [0.15, 0.2) is 0 Å². The van der Waals surface area contributed by atoms with Crippen molar-refractivity contribution >= 4 is 17.5 Å². The molecule has 0 aliphatic carbocycles. The highest BCUT2D eigenvalue weighted by molar-refractivity contribution is 5.99. The van der Waals surface area contributed by atoms with Crippen molar-refractivity contribution in [2.24, 2.45) is 0 Å². The van der Waals surface area contributed by atoms with Crippen LogP contribution in [-0.2, 0) is 4.79 Å². The van der Waals surface area contributed by atoms with Gasteiger partial charge >= 0.3 is 0 Å². The summed E-state index contributed by atoms with van der Waals surface area (Å²) in [5, 5.41) is 7.18. The second kappa shape index (κ2) is 8.08. The molecule has 1 aromatic heterocycles. The topological polar surface area (TPSA) is 67.2 Å². The Morgan fingerprint density at radius 1 is 1.04 bits per heavy atom. The molecule has 0 fully saturated rings. The second-order valence-corrected chi connectivity index (χ2v) is 6.92. The van der Waals surface area contributed by atoms with Crippen molar-refractivity contribution in [3.8, 4) is 5.69 Å². The number of hydrogen-bond acceptors (Lipinski definition) is 3. The molecule has 28 heavy (non-hydrogen) atoms. The molecule has 1 heterocycles. The number of aromatic nitrogens is 2. The molecule has 0 saturated heterocycles. The van der Waals surface area contributed by atoms with Crippen LogP contribution in [0.3, 0.4) is 0 Å². The zero-order valence-corrected chi connectivity index (χ0v) is 16.6. The van der Waals surface area contributed by atoms with E-state index in [1.54, 1.807) is 17.9 Å². The molecule has 0 bridgehead atoms. The maximum atomic E-state index is 12.8. The van der Waals surface area contributed by atoms with Crippen molar-refractivity contribution in [3.63, 3.8) is 0 Å². The average molecular weight is 376 g/mol. The van der Waals surface area contributed by atoms with E-state index in [9.17, 15) is 9.59 Å². The highest BCUT2D eigenvalue weighted by Gasteiger charge is 2.21. The van der Waals surface area contributed by atoms with E-state index in [1.165, 1.54) is 4.90 Å². The summed E-state index contributed by atoms with van der Waals surface area (Å²) in [7, 11) is 1.61. The summed E-state index contributed by atoms with van der Waals surface area (Å²) in [6, 6.07) is 15.4. The van der Waals surface area contributed by atoms with Crippen molar-refractivity contribution in [1.82, 2.24) is 14.7 Å². The Morgan fingerprint density at radius 3 is 2.39 bits per heavy atom. The minimum absolute atomic E-state index is 0.0400. The van der Waals surface area contributed by atoms with E-state index < -0.39 is 0 Å². The average Bonchev–Trinajstić information content (AvgIpc) is 3.04. The molecule has 144 valence electrons. The number of para-hydroxylation sites is 1. The SMILES string of the molecule is Cc1ccc(NC(=O)CN(C)C(=O)c2cnn(-c3ccccc3C)c2C)cc1. The fourth-order valence-electron chi connectivity index (χ4n) is 2.99. The summed E-state index contributed by atoms with van der Waals surface area (Å²) in [6.07, 6.45) is 1.55. The predicted molar refractivity (Wildman–Crippen MR) is 110 cm³/mol. The highest BCUT2D eigenvalue weighted by atomic mass is 16.2. The molecule has 2 amide bonds.